The third-order valence-corrected chi connectivity index (χ3v) is 3.65. The molecule has 0 atom stereocenters. The Morgan fingerprint density at radius 1 is 1.39 bits per heavy atom. The third kappa shape index (κ3) is 5.22. The Morgan fingerprint density at radius 2 is 2.09 bits per heavy atom. The van der Waals surface area contributed by atoms with E-state index < -0.39 is 0 Å². The van der Waals surface area contributed by atoms with Gasteiger partial charge in [-0.3, -0.25) is 4.79 Å². The zero-order chi connectivity index (χ0) is 16.8. The molecule has 2 rings (SSSR count). The Hall–Kier alpha value is -2.12. The predicted octanol–water partition coefficient (Wildman–Crippen LogP) is 1.50. The highest BCUT2D eigenvalue weighted by Crippen LogP contribution is 2.18. The van der Waals surface area contributed by atoms with E-state index in [4.69, 9.17) is 9.26 Å². The minimum atomic E-state index is -0.293. The number of carbonyl (C=O) groups is 2. The molecule has 1 N–H and O–H groups in total. The van der Waals surface area contributed by atoms with E-state index in [1.807, 2.05) is 13.8 Å². The number of aryl methyl sites for hydroxylation is 1. The van der Waals surface area contributed by atoms with Crippen molar-refractivity contribution in [3.8, 4) is 0 Å². The summed E-state index contributed by atoms with van der Waals surface area (Å²) in [6.45, 7) is 7.44. The van der Waals surface area contributed by atoms with E-state index in [1.165, 1.54) is 0 Å². The second kappa shape index (κ2) is 7.94. The molecular weight excluding hydrogens is 300 g/mol. The van der Waals surface area contributed by atoms with Gasteiger partial charge in [0, 0.05) is 19.0 Å². The molecule has 0 aromatic carbocycles. The number of hydrogen-bond donors (Lipinski definition) is 1. The minimum absolute atomic E-state index is 0.0453. The number of likely N-dealkylation sites (tertiary alicyclic amines) is 1. The molecule has 0 spiro atoms. The number of amides is 2. The van der Waals surface area contributed by atoms with Crippen LogP contribution >= 0.6 is 0 Å². The summed E-state index contributed by atoms with van der Waals surface area (Å²) in [6, 6.07) is 0. The summed E-state index contributed by atoms with van der Waals surface area (Å²) in [5.41, 5.74) is 0. The average molecular weight is 324 g/mol. The molecule has 1 aromatic rings. The van der Waals surface area contributed by atoms with Gasteiger partial charge in [0.15, 0.2) is 5.82 Å². The Bertz CT molecular complexity index is 535. The van der Waals surface area contributed by atoms with Gasteiger partial charge in [0.1, 0.15) is 0 Å². The fourth-order valence-electron chi connectivity index (χ4n) is 2.37. The molecule has 0 bridgehead atoms. The summed E-state index contributed by atoms with van der Waals surface area (Å²) in [6.07, 6.45) is 0.968. The third-order valence-electron chi connectivity index (χ3n) is 3.65. The van der Waals surface area contributed by atoms with Crippen LogP contribution in [0.5, 0.6) is 0 Å². The van der Waals surface area contributed by atoms with Crippen LogP contribution in [0.15, 0.2) is 4.52 Å². The quantitative estimate of drug-likeness (QED) is 0.881. The van der Waals surface area contributed by atoms with Crippen LogP contribution in [-0.4, -0.2) is 46.7 Å². The van der Waals surface area contributed by atoms with E-state index in [0.717, 1.165) is 0 Å². The number of ether oxygens (including phenoxy) is 1. The molecule has 8 nitrogen and oxygen atoms in total. The van der Waals surface area contributed by atoms with Gasteiger partial charge in [-0.1, -0.05) is 19.0 Å². The first-order valence-electron chi connectivity index (χ1n) is 7.94. The van der Waals surface area contributed by atoms with Crippen LogP contribution in [0.1, 0.15) is 38.4 Å². The monoisotopic (exact) mass is 324 g/mol. The molecule has 0 aliphatic carbocycles. The molecule has 23 heavy (non-hydrogen) atoms. The van der Waals surface area contributed by atoms with Crippen molar-refractivity contribution in [3.63, 3.8) is 0 Å². The van der Waals surface area contributed by atoms with E-state index in [9.17, 15) is 9.59 Å². The van der Waals surface area contributed by atoms with Crippen LogP contribution < -0.4 is 5.32 Å². The van der Waals surface area contributed by atoms with Gasteiger partial charge >= 0.3 is 6.09 Å². The first-order chi connectivity index (χ1) is 11.0. The first-order valence-corrected chi connectivity index (χ1v) is 7.94. The Morgan fingerprint density at radius 3 is 2.65 bits per heavy atom. The minimum Gasteiger partial charge on any atom is -0.449 e. The van der Waals surface area contributed by atoms with Gasteiger partial charge < -0.3 is 19.5 Å². The molecule has 1 aliphatic heterocycles. The van der Waals surface area contributed by atoms with E-state index in [-0.39, 0.29) is 24.5 Å². The van der Waals surface area contributed by atoms with E-state index in [1.54, 1.807) is 11.8 Å². The molecule has 2 amide bonds. The fraction of sp³-hybridized carbons (Fsp3) is 0.733. The smallest absolute Gasteiger partial charge is 0.409 e. The van der Waals surface area contributed by atoms with Gasteiger partial charge in [0.05, 0.1) is 13.2 Å². The van der Waals surface area contributed by atoms with Crippen molar-refractivity contribution in [3.05, 3.63) is 11.7 Å². The number of aromatic nitrogens is 2. The zero-order valence-corrected chi connectivity index (χ0v) is 13.9. The fourth-order valence-corrected chi connectivity index (χ4v) is 2.37. The van der Waals surface area contributed by atoms with Crippen molar-refractivity contribution in [1.82, 2.24) is 20.4 Å². The van der Waals surface area contributed by atoms with Crippen molar-refractivity contribution >= 4 is 12.0 Å². The normalized spacial score (nSPS) is 15.7. The lowest BCUT2D eigenvalue weighted by atomic mass is 9.96. The Kier molecular flexibility index (Phi) is 5.95. The van der Waals surface area contributed by atoms with E-state index in [2.05, 4.69) is 15.5 Å². The van der Waals surface area contributed by atoms with Crippen molar-refractivity contribution in [2.75, 3.05) is 19.7 Å². The van der Waals surface area contributed by atoms with Crippen molar-refractivity contribution in [1.29, 1.82) is 0 Å². The molecule has 0 unspecified atom stereocenters. The number of nitrogens with zero attached hydrogens (tertiary/aromatic N) is 3. The lowest BCUT2D eigenvalue weighted by Crippen LogP contribution is -2.43. The Balaban J connectivity index is 1.71. The van der Waals surface area contributed by atoms with Gasteiger partial charge in [0.25, 0.3) is 0 Å². The van der Waals surface area contributed by atoms with Gasteiger partial charge in [-0.05, 0) is 25.7 Å². The second-order valence-electron chi connectivity index (χ2n) is 6.19. The van der Waals surface area contributed by atoms with Gasteiger partial charge in [-0.25, -0.2) is 4.79 Å². The van der Waals surface area contributed by atoms with Crippen LogP contribution in [0, 0.1) is 18.8 Å². The summed E-state index contributed by atoms with van der Waals surface area (Å²) in [5, 5.41) is 6.47. The lowest BCUT2D eigenvalue weighted by Gasteiger charge is -2.30. The standard InChI is InChI=1S/C15H24N4O4/c1-10(2)9-22-15(21)19-6-4-12(5-7-19)14(20)16-8-13-17-11(3)18-23-13/h10,12H,4-9H2,1-3H3,(H,16,20). The number of rotatable bonds is 5. The maximum Gasteiger partial charge on any atom is 0.409 e. The van der Waals surface area contributed by atoms with Crippen molar-refractivity contribution in [2.45, 2.75) is 40.2 Å². The first kappa shape index (κ1) is 17.2. The predicted molar refractivity (Wildman–Crippen MR) is 81.4 cm³/mol. The number of nitrogens with one attached hydrogen (secondary N) is 1. The summed E-state index contributed by atoms with van der Waals surface area (Å²) < 4.78 is 10.2. The summed E-state index contributed by atoms with van der Waals surface area (Å²) in [5.74, 6) is 1.10. The summed E-state index contributed by atoms with van der Waals surface area (Å²) >= 11 is 0. The molecule has 0 radical (unpaired) electrons. The van der Waals surface area contributed by atoms with Gasteiger partial charge in [-0.15, -0.1) is 0 Å². The molecule has 1 aliphatic rings. The van der Waals surface area contributed by atoms with Crippen LogP contribution in [0.25, 0.3) is 0 Å². The lowest BCUT2D eigenvalue weighted by molar-refractivity contribution is -0.126. The number of hydrogen-bond acceptors (Lipinski definition) is 6. The highest BCUT2D eigenvalue weighted by molar-refractivity contribution is 5.79. The largest absolute Gasteiger partial charge is 0.449 e. The maximum absolute atomic E-state index is 12.1. The van der Waals surface area contributed by atoms with E-state index in [0.29, 0.717) is 50.2 Å². The number of carbonyl (C=O) groups excluding carboxylic acids is 2. The highest BCUT2D eigenvalue weighted by atomic mass is 16.6. The topological polar surface area (TPSA) is 97.6 Å². The van der Waals surface area contributed by atoms with Crippen molar-refractivity contribution < 1.29 is 18.8 Å². The molecule has 1 fully saturated rings. The summed E-state index contributed by atoms with van der Waals surface area (Å²) in [4.78, 5) is 29.7. The SMILES string of the molecule is Cc1noc(CNC(=O)C2CCN(C(=O)OCC(C)C)CC2)n1. The zero-order valence-electron chi connectivity index (χ0n) is 13.9. The van der Waals surface area contributed by atoms with Gasteiger partial charge in [-0.2, -0.15) is 4.98 Å². The van der Waals surface area contributed by atoms with Crippen molar-refractivity contribution in [2.24, 2.45) is 11.8 Å². The molecule has 1 saturated heterocycles. The summed E-state index contributed by atoms with van der Waals surface area (Å²) in [7, 11) is 0. The number of piperidine rings is 1. The molecule has 0 saturated carbocycles. The Labute approximate surface area is 135 Å². The van der Waals surface area contributed by atoms with Crippen LogP contribution in [-0.2, 0) is 16.1 Å². The van der Waals surface area contributed by atoms with E-state index >= 15 is 0 Å². The van der Waals surface area contributed by atoms with Crippen LogP contribution in [0.4, 0.5) is 4.79 Å². The molecule has 1 aromatic heterocycles. The average Bonchev–Trinajstić information content (AvgIpc) is 2.96. The maximum atomic E-state index is 12.1. The van der Waals surface area contributed by atoms with Crippen LogP contribution in [0.2, 0.25) is 0 Å². The van der Waals surface area contributed by atoms with Crippen LogP contribution in [0.3, 0.4) is 0 Å². The highest BCUT2D eigenvalue weighted by Gasteiger charge is 2.28. The second-order valence-corrected chi connectivity index (χ2v) is 6.19. The molecule has 128 valence electrons. The molecule has 2 heterocycles. The molecular formula is C15H24N4O4. The van der Waals surface area contributed by atoms with Gasteiger partial charge in [0.2, 0.25) is 11.8 Å². The molecule has 8 heteroatoms.